The average molecular weight is 520 g/mol. The zero-order valence-electron chi connectivity index (χ0n) is 23.3. The van der Waals surface area contributed by atoms with Crippen LogP contribution in [0.25, 0.3) is 0 Å². The fourth-order valence-corrected chi connectivity index (χ4v) is 4.15. The van der Waals surface area contributed by atoms with Crippen molar-refractivity contribution in [2.45, 2.75) is 90.1 Å². The van der Waals surface area contributed by atoms with Crippen LogP contribution in [-0.2, 0) is 23.1 Å². The Kier molecular flexibility index (Phi) is 22.3. The van der Waals surface area contributed by atoms with Crippen molar-refractivity contribution in [3.05, 3.63) is 24.3 Å². The lowest BCUT2D eigenvalue weighted by molar-refractivity contribution is -0.870. The van der Waals surface area contributed by atoms with Crippen LogP contribution in [0.5, 0.6) is 0 Å². The van der Waals surface area contributed by atoms with Gasteiger partial charge in [0.05, 0.1) is 34.4 Å². The van der Waals surface area contributed by atoms with Crippen molar-refractivity contribution in [3.63, 3.8) is 0 Å². The average Bonchev–Trinajstić information content (AvgIpc) is 2.77. The third-order valence-electron chi connectivity index (χ3n) is 5.40. The molecule has 0 amide bonds. The molecular weight excluding hydrogens is 465 g/mol. The van der Waals surface area contributed by atoms with Gasteiger partial charge in [0.25, 0.3) is 7.82 Å². The molecule has 0 rings (SSSR count). The van der Waals surface area contributed by atoms with Gasteiger partial charge in [-0.2, -0.15) is 0 Å². The fourth-order valence-electron chi connectivity index (χ4n) is 3.30. The van der Waals surface area contributed by atoms with Gasteiger partial charge in [-0.15, -0.1) is 0 Å². The van der Waals surface area contributed by atoms with Gasteiger partial charge >= 0.3 is 0 Å². The fraction of sp³-hybridized carbons (Fsp3) is 0.852. The standard InChI is InChI=1S/C27H54NO6P/c1-6-7-8-9-10-11-12-13-14-15-16-17-18-19-20-21-23-32-26-27(25-31-5)34-35(29,30)33-24-22-28(2,3)4/h10-11,16-17,27H,6-9,12-15,18-26H2,1-5H3/b11-10-,17-16-/t27-/m0/s1. The molecule has 0 heterocycles. The molecule has 0 aliphatic carbocycles. The molecule has 0 aromatic heterocycles. The Bertz CT molecular complexity index is 577. The van der Waals surface area contributed by atoms with Crippen molar-refractivity contribution < 1.29 is 32.5 Å². The highest BCUT2D eigenvalue weighted by molar-refractivity contribution is 7.45. The molecule has 0 spiro atoms. The number of rotatable bonds is 25. The summed E-state index contributed by atoms with van der Waals surface area (Å²) in [7, 11) is 3.02. The topological polar surface area (TPSA) is 77.1 Å². The van der Waals surface area contributed by atoms with Crippen LogP contribution >= 0.6 is 7.82 Å². The normalized spacial score (nSPS) is 15.3. The van der Waals surface area contributed by atoms with E-state index in [0.29, 0.717) is 17.6 Å². The van der Waals surface area contributed by atoms with Gasteiger partial charge in [-0.25, -0.2) is 0 Å². The number of quaternary nitrogens is 1. The lowest BCUT2D eigenvalue weighted by Crippen LogP contribution is -2.38. The van der Waals surface area contributed by atoms with Crippen LogP contribution in [0.3, 0.4) is 0 Å². The van der Waals surface area contributed by atoms with Gasteiger partial charge in [0.15, 0.2) is 0 Å². The lowest BCUT2D eigenvalue weighted by Gasteiger charge is -2.29. The van der Waals surface area contributed by atoms with Crippen LogP contribution in [0.4, 0.5) is 0 Å². The molecule has 0 bridgehead atoms. The van der Waals surface area contributed by atoms with Gasteiger partial charge in [0, 0.05) is 13.7 Å². The summed E-state index contributed by atoms with van der Waals surface area (Å²) in [6.07, 6.45) is 22.9. The van der Waals surface area contributed by atoms with Crippen LogP contribution in [0.2, 0.25) is 0 Å². The highest BCUT2D eigenvalue weighted by Crippen LogP contribution is 2.39. The van der Waals surface area contributed by atoms with Crippen LogP contribution in [0.15, 0.2) is 24.3 Å². The van der Waals surface area contributed by atoms with Gasteiger partial charge < -0.3 is 27.9 Å². The summed E-state index contributed by atoms with van der Waals surface area (Å²) in [5.74, 6) is 0. The minimum atomic E-state index is -4.39. The van der Waals surface area contributed by atoms with E-state index in [0.717, 1.165) is 32.1 Å². The van der Waals surface area contributed by atoms with Crippen LogP contribution in [0.1, 0.15) is 84.0 Å². The molecule has 0 fully saturated rings. The first-order valence-electron chi connectivity index (χ1n) is 13.5. The molecule has 0 aromatic rings. The number of methoxy groups -OCH3 is 1. The monoisotopic (exact) mass is 519 g/mol. The van der Waals surface area contributed by atoms with E-state index in [1.54, 1.807) is 0 Å². The van der Waals surface area contributed by atoms with Gasteiger partial charge in [0.1, 0.15) is 19.3 Å². The first kappa shape index (κ1) is 34.5. The molecule has 7 nitrogen and oxygen atoms in total. The molecule has 1 unspecified atom stereocenters. The minimum Gasteiger partial charge on any atom is -0.756 e. The zero-order chi connectivity index (χ0) is 26.3. The number of allylic oxidation sites excluding steroid dienone is 4. The maximum atomic E-state index is 12.0. The van der Waals surface area contributed by atoms with Crippen LogP contribution in [0, 0.1) is 0 Å². The summed E-state index contributed by atoms with van der Waals surface area (Å²) >= 11 is 0. The molecular formula is C27H54NO6P. The van der Waals surface area contributed by atoms with Crippen LogP contribution in [-0.4, -0.2) is 71.8 Å². The molecule has 208 valence electrons. The Balaban J connectivity index is 3.73. The van der Waals surface area contributed by atoms with E-state index in [4.69, 9.17) is 18.5 Å². The molecule has 0 aliphatic rings. The second kappa shape index (κ2) is 22.7. The summed E-state index contributed by atoms with van der Waals surface area (Å²) in [6, 6.07) is 0. The molecule has 0 saturated carbocycles. The molecule has 8 heteroatoms. The number of phosphoric acid groups is 1. The maximum absolute atomic E-state index is 12.0. The molecule has 35 heavy (non-hydrogen) atoms. The van der Waals surface area contributed by atoms with Crippen molar-refractivity contribution in [1.29, 1.82) is 0 Å². The Morgan fingerprint density at radius 2 is 1.34 bits per heavy atom. The second-order valence-electron chi connectivity index (χ2n) is 10.1. The minimum absolute atomic E-state index is 0.0792. The predicted molar refractivity (Wildman–Crippen MR) is 143 cm³/mol. The van der Waals surface area contributed by atoms with Gasteiger partial charge in [-0.3, -0.25) is 4.57 Å². The number of hydrogen-bond donors (Lipinski definition) is 0. The molecule has 0 radical (unpaired) electrons. The Morgan fingerprint density at radius 1 is 0.800 bits per heavy atom. The maximum Gasteiger partial charge on any atom is 0.268 e. The van der Waals surface area contributed by atoms with E-state index in [1.165, 1.54) is 52.1 Å². The zero-order valence-corrected chi connectivity index (χ0v) is 24.1. The van der Waals surface area contributed by atoms with Crippen molar-refractivity contribution in [2.24, 2.45) is 0 Å². The lowest BCUT2D eigenvalue weighted by atomic mass is 10.1. The first-order valence-corrected chi connectivity index (χ1v) is 15.0. The largest absolute Gasteiger partial charge is 0.756 e. The first-order chi connectivity index (χ1) is 16.7. The number of unbranched alkanes of at least 4 members (excludes halogenated alkanes) is 9. The van der Waals surface area contributed by atoms with Crippen molar-refractivity contribution in [1.82, 2.24) is 0 Å². The third-order valence-corrected chi connectivity index (χ3v) is 6.46. The van der Waals surface area contributed by atoms with Gasteiger partial charge in [-0.1, -0.05) is 50.5 Å². The number of nitrogens with zero attached hydrogens (tertiary/aromatic N) is 1. The molecule has 0 aliphatic heterocycles. The summed E-state index contributed by atoms with van der Waals surface area (Å²) < 4.78 is 33.4. The summed E-state index contributed by atoms with van der Waals surface area (Å²) in [5, 5.41) is 0. The van der Waals surface area contributed by atoms with E-state index in [1.807, 2.05) is 21.1 Å². The third kappa shape index (κ3) is 26.3. The number of likely N-dealkylation sites (N-methyl/N-ethyl adjacent to an activating group) is 1. The molecule has 0 aromatic carbocycles. The quantitative estimate of drug-likeness (QED) is 0.0633. The molecule has 0 N–H and O–H groups in total. The van der Waals surface area contributed by atoms with E-state index in [2.05, 4.69) is 31.2 Å². The number of phosphoric ester groups is 1. The SMILES string of the molecule is CCCCC/C=C\CCCC/C=C\CCCCCOC[C@H](COC)OP(=O)([O-])OCC[N+](C)(C)C. The van der Waals surface area contributed by atoms with Crippen molar-refractivity contribution in [2.75, 3.05) is 61.2 Å². The predicted octanol–water partition coefficient (Wildman–Crippen LogP) is 6.04. The van der Waals surface area contributed by atoms with Crippen molar-refractivity contribution in [3.8, 4) is 0 Å². The van der Waals surface area contributed by atoms with Gasteiger partial charge in [-0.05, 0) is 57.8 Å². The van der Waals surface area contributed by atoms with Gasteiger partial charge in [0.2, 0.25) is 0 Å². The molecule has 0 saturated heterocycles. The second-order valence-corrected chi connectivity index (χ2v) is 11.5. The summed E-state index contributed by atoms with van der Waals surface area (Å²) in [5.41, 5.74) is 0. The number of hydrogen-bond acceptors (Lipinski definition) is 6. The Hall–Kier alpha value is -0.530. The Labute approximate surface area is 216 Å². The highest BCUT2D eigenvalue weighted by atomic mass is 31.2. The number of ether oxygens (including phenoxy) is 2. The van der Waals surface area contributed by atoms with Crippen molar-refractivity contribution >= 4 is 7.82 Å². The summed E-state index contributed by atoms with van der Waals surface area (Å²) in [6.45, 7) is 3.75. The van der Waals surface area contributed by atoms with E-state index >= 15 is 0 Å². The highest BCUT2D eigenvalue weighted by Gasteiger charge is 2.20. The summed E-state index contributed by atoms with van der Waals surface area (Å²) in [4.78, 5) is 12.0. The van der Waals surface area contributed by atoms with E-state index in [-0.39, 0.29) is 19.8 Å². The van der Waals surface area contributed by atoms with Crippen LogP contribution < -0.4 is 4.89 Å². The smallest absolute Gasteiger partial charge is 0.268 e. The molecule has 2 atom stereocenters. The Morgan fingerprint density at radius 3 is 1.86 bits per heavy atom. The van der Waals surface area contributed by atoms with E-state index in [9.17, 15) is 9.46 Å². The van der Waals surface area contributed by atoms with E-state index < -0.39 is 13.9 Å².